The van der Waals surface area contributed by atoms with Crippen molar-refractivity contribution < 1.29 is 9.53 Å². The number of carbonyl (C=O) groups is 1. The molecular formula is C19H31N3O2. The molecule has 24 heavy (non-hydrogen) atoms. The predicted molar refractivity (Wildman–Crippen MR) is 97.4 cm³/mol. The summed E-state index contributed by atoms with van der Waals surface area (Å²) in [6, 6.07) is 5.88. The maximum atomic E-state index is 12.2. The van der Waals surface area contributed by atoms with E-state index in [4.69, 9.17) is 4.74 Å². The molecule has 1 aliphatic rings. The summed E-state index contributed by atoms with van der Waals surface area (Å²) < 4.78 is 5.68. The van der Waals surface area contributed by atoms with E-state index in [1.54, 1.807) is 0 Å². The van der Waals surface area contributed by atoms with Gasteiger partial charge in [-0.2, -0.15) is 0 Å². The van der Waals surface area contributed by atoms with E-state index in [1.807, 2.05) is 32.0 Å². The van der Waals surface area contributed by atoms with E-state index >= 15 is 0 Å². The molecule has 0 aromatic heterocycles. The number of amides is 2. The number of hydrogen-bond donors (Lipinski definition) is 3. The Hall–Kier alpha value is -1.75. The third-order valence-corrected chi connectivity index (χ3v) is 4.54. The van der Waals surface area contributed by atoms with Gasteiger partial charge < -0.3 is 20.7 Å². The highest BCUT2D eigenvalue weighted by Crippen LogP contribution is 2.28. The molecule has 1 aliphatic heterocycles. The average Bonchev–Trinajstić information content (AvgIpc) is 2.39. The number of nitrogens with one attached hydrogen (secondary N) is 3. The molecule has 5 heteroatoms. The molecule has 1 saturated heterocycles. The van der Waals surface area contributed by atoms with Gasteiger partial charge in [0, 0.05) is 17.1 Å². The van der Waals surface area contributed by atoms with Gasteiger partial charge in [0.1, 0.15) is 5.75 Å². The minimum Gasteiger partial charge on any atom is -0.473 e. The van der Waals surface area contributed by atoms with E-state index < -0.39 is 0 Å². The van der Waals surface area contributed by atoms with Crippen molar-refractivity contribution in [2.45, 2.75) is 71.5 Å². The van der Waals surface area contributed by atoms with E-state index in [2.05, 4.69) is 43.6 Å². The van der Waals surface area contributed by atoms with E-state index in [-0.39, 0.29) is 29.9 Å². The molecule has 0 radical (unpaired) electrons. The molecule has 0 unspecified atom stereocenters. The van der Waals surface area contributed by atoms with Crippen LogP contribution in [0.5, 0.6) is 5.75 Å². The van der Waals surface area contributed by atoms with Crippen LogP contribution in [0.15, 0.2) is 18.2 Å². The third kappa shape index (κ3) is 5.13. The van der Waals surface area contributed by atoms with Crippen LogP contribution < -0.4 is 20.7 Å². The van der Waals surface area contributed by atoms with E-state index in [0.29, 0.717) is 0 Å². The monoisotopic (exact) mass is 333 g/mol. The Morgan fingerprint density at radius 2 is 1.83 bits per heavy atom. The van der Waals surface area contributed by atoms with Gasteiger partial charge in [0.25, 0.3) is 0 Å². The molecule has 2 amide bonds. The van der Waals surface area contributed by atoms with Crippen LogP contribution in [0.3, 0.4) is 0 Å². The quantitative estimate of drug-likeness (QED) is 0.741. The van der Waals surface area contributed by atoms with Gasteiger partial charge in [-0.1, -0.05) is 12.1 Å². The van der Waals surface area contributed by atoms with Crippen molar-refractivity contribution in [3.8, 4) is 5.75 Å². The first kappa shape index (κ1) is 18.6. The molecule has 1 aromatic carbocycles. The van der Waals surface area contributed by atoms with Crippen molar-refractivity contribution in [1.29, 1.82) is 0 Å². The largest absolute Gasteiger partial charge is 0.473 e. The third-order valence-electron chi connectivity index (χ3n) is 4.54. The molecular weight excluding hydrogens is 302 g/mol. The topological polar surface area (TPSA) is 62.4 Å². The molecule has 2 rings (SSSR count). The van der Waals surface area contributed by atoms with Gasteiger partial charge in [0.2, 0.25) is 0 Å². The number of benzene rings is 1. The fourth-order valence-electron chi connectivity index (χ4n) is 3.72. The second-order valence-electron chi connectivity index (χ2n) is 8.13. The van der Waals surface area contributed by atoms with Gasteiger partial charge in [-0.05, 0) is 71.6 Å². The number of aryl methyl sites for hydroxylation is 1. The first-order chi connectivity index (χ1) is 11.1. The molecule has 1 heterocycles. The molecule has 1 aromatic rings. The molecule has 134 valence electrons. The smallest absolute Gasteiger partial charge is 0.317 e. The zero-order valence-electron chi connectivity index (χ0n) is 15.7. The molecule has 1 fully saturated rings. The minimum absolute atomic E-state index is 0.00880. The zero-order chi connectivity index (χ0) is 18.0. The Labute approximate surface area is 145 Å². The van der Waals surface area contributed by atoms with Gasteiger partial charge in [0.15, 0.2) is 6.73 Å². The summed E-state index contributed by atoms with van der Waals surface area (Å²) in [7, 11) is 0. The number of urea groups is 1. The van der Waals surface area contributed by atoms with Gasteiger partial charge in [-0.15, -0.1) is 0 Å². The Balaban J connectivity index is 1.82. The van der Waals surface area contributed by atoms with E-state index in [9.17, 15) is 4.79 Å². The molecule has 0 saturated carbocycles. The Morgan fingerprint density at radius 1 is 1.21 bits per heavy atom. The van der Waals surface area contributed by atoms with Gasteiger partial charge >= 0.3 is 6.03 Å². The van der Waals surface area contributed by atoms with Crippen molar-refractivity contribution in [2.75, 3.05) is 6.73 Å². The van der Waals surface area contributed by atoms with Crippen LogP contribution in [0.4, 0.5) is 4.79 Å². The van der Waals surface area contributed by atoms with Gasteiger partial charge in [-0.25, -0.2) is 4.79 Å². The first-order valence-electron chi connectivity index (χ1n) is 8.61. The highest BCUT2D eigenvalue weighted by atomic mass is 16.5. The highest BCUT2D eigenvalue weighted by Gasteiger charge is 2.38. The summed E-state index contributed by atoms with van der Waals surface area (Å²) in [5.41, 5.74) is 2.29. The number of ether oxygens (including phenoxy) is 1. The summed E-state index contributed by atoms with van der Waals surface area (Å²) in [6.07, 6.45) is 1.81. The van der Waals surface area contributed by atoms with Crippen molar-refractivity contribution in [2.24, 2.45) is 0 Å². The van der Waals surface area contributed by atoms with E-state index in [1.165, 1.54) is 5.56 Å². The zero-order valence-corrected chi connectivity index (χ0v) is 15.7. The first-order valence-corrected chi connectivity index (χ1v) is 8.61. The predicted octanol–water partition coefficient (Wildman–Crippen LogP) is 3.25. The summed E-state index contributed by atoms with van der Waals surface area (Å²) in [4.78, 5) is 12.2. The van der Waals surface area contributed by atoms with Crippen molar-refractivity contribution >= 4 is 6.03 Å². The average molecular weight is 333 g/mol. The maximum absolute atomic E-state index is 12.2. The molecule has 0 spiro atoms. The number of rotatable bonds is 4. The van der Waals surface area contributed by atoms with Crippen LogP contribution in [0, 0.1) is 13.8 Å². The second-order valence-corrected chi connectivity index (χ2v) is 8.13. The molecule has 0 bridgehead atoms. The molecule has 3 N–H and O–H groups in total. The van der Waals surface area contributed by atoms with Gasteiger partial charge in [-0.3, -0.25) is 0 Å². The van der Waals surface area contributed by atoms with Crippen molar-refractivity contribution in [1.82, 2.24) is 16.0 Å². The lowest BCUT2D eigenvalue weighted by Gasteiger charge is -2.46. The fourth-order valence-corrected chi connectivity index (χ4v) is 3.72. The Morgan fingerprint density at radius 3 is 2.46 bits per heavy atom. The van der Waals surface area contributed by atoms with Crippen LogP contribution in [0.1, 0.15) is 51.7 Å². The van der Waals surface area contributed by atoms with Crippen LogP contribution in [0.2, 0.25) is 0 Å². The lowest BCUT2D eigenvalue weighted by atomic mass is 9.80. The lowest BCUT2D eigenvalue weighted by molar-refractivity contribution is 0.146. The second kappa shape index (κ2) is 7.01. The molecule has 5 nitrogen and oxygen atoms in total. The summed E-state index contributed by atoms with van der Waals surface area (Å²) >= 11 is 0. The summed E-state index contributed by atoms with van der Waals surface area (Å²) in [5.74, 6) is 0.805. The Bertz CT molecular complexity index is 580. The standard InChI is InChI=1S/C19H31N3O2/c1-13-8-7-9-16(14(13)2)24-12-20-17(23)21-15-10-18(3,4)22-19(5,6)11-15/h7-9,15,22H,10-12H2,1-6H3,(H2,20,21,23). The van der Waals surface area contributed by atoms with Gasteiger partial charge in [0.05, 0.1) is 0 Å². The normalized spacial score (nSPS) is 19.6. The van der Waals surface area contributed by atoms with Crippen LogP contribution >= 0.6 is 0 Å². The molecule has 0 atom stereocenters. The van der Waals surface area contributed by atoms with Crippen LogP contribution in [0.25, 0.3) is 0 Å². The molecule has 0 aliphatic carbocycles. The minimum atomic E-state index is -0.182. The van der Waals surface area contributed by atoms with Crippen molar-refractivity contribution in [3.05, 3.63) is 29.3 Å². The highest BCUT2D eigenvalue weighted by molar-refractivity contribution is 5.74. The number of hydrogen-bond acceptors (Lipinski definition) is 3. The van der Waals surface area contributed by atoms with Crippen molar-refractivity contribution in [3.63, 3.8) is 0 Å². The van der Waals surface area contributed by atoms with Crippen LogP contribution in [-0.2, 0) is 0 Å². The summed E-state index contributed by atoms with van der Waals surface area (Å²) in [5, 5.41) is 9.47. The lowest BCUT2D eigenvalue weighted by Crippen LogP contribution is -2.62. The fraction of sp³-hybridized carbons (Fsp3) is 0.632. The summed E-state index contributed by atoms with van der Waals surface area (Å²) in [6.45, 7) is 12.9. The SMILES string of the molecule is Cc1cccc(OCNC(=O)NC2CC(C)(C)NC(C)(C)C2)c1C. The van der Waals surface area contributed by atoms with Crippen LogP contribution in [-0.4, -0.2) is 29.9 Å². The number of piperidine rings is 1. The number of carbonyl (C=O) groups excluding carboxylic acids is 1. The van der Waals surface area contributed by atoms with E-state index in [0.717, 1.165) is 24.2 Å². The Kier molecular flexibility index (Phi) is 5.43. The maximum Gasteiger partial charge on any atom is 0.317 e.